The molecule has 0 saturated heterocycles. The van der Waals surface area contributed by atoms with Crippen molar-refractivity contribution in [3.8, 4) is 0 Å². The molecule has 2 aromatic rings. The zero-order chi connectivity index (χ0) is 13.8. The van der Waals surface area contributed by atoms with Crippen LogP contribution in [0, 0.1) is 5.92 Å². The van der Waals surface area contributed by atoms with E-state index in [1.165, 1.54) is 32.1 Å². The van der Waals surface area contributed by atoms with Crippen molar-refractivity contribution in [3.05, 3.63) is 42.2 Å². The second kappa shape index (κ2) is 6.17. The molecule has 0 bridgehead atoms. The molecule has 104 valence electrons. The van der Waals surface area contributed by atoms with E-state index >= 15 is 0 Å². The molecule has 2 nitrogen and oxygen atoms in total. The van der Waals surface area contributed by atoms with Crippen LogP contribution in [0.2, 0.25) is 0 Å². The van der Waals surface area contributed by atoms with Crippen LogP contribution >= 0.6 is 0 Å². The third-order valence-electron chi connectivity index (χ3n) is 4.41. The summed E-state index contributed by atoms with van der Waals surface area (Å²) in [5.74, 6) is 0.499. The van der Waals surface area contributed by atoms with E-state index in [1.54, 1.807) is 6.20 Å². The number of fused-ring (bicyclic) bond motifs is 1. The Balaban J connectivity index is 1.91. The molecule has 0 amide bonds. The molecule has 0 spiro atoms. The van der Waals surface area contributed by atoms with E-state index in [-0.39, 0.29) is 5.92 Å². The van der Waals surface area contributed by atoms with Crippen LogP contribution in [0.25, 0.3) is 10.8 Å². The SMILES string of the molecule is O=C(c1cncc2ccccc12)C1CCCCCCC1. The average Bonchev–Trinajstić information content (AvgIpc) is 2.46. The fraction of sp³-hybridized carbons (Fsp3) is 0.444. The molecular weight excluding hydrogens is 246 g/mol. The number of nitrogens with zero attached hydrogens (tertiary/aromatic N) is 1. The van der Waals surface area contributed by atoms with E-state index < -0.39 is 0 Å². The van der Waals surface area contributed by atoms with Crippen LogP contribution < -0.4 is 0 Å². The molecule has 20 heavy (non-hydrogen) atoms. The Kier molecular flexibility index (Phi) is 4.10. The fourth-order valence-electron chi connectivity index (χ4n) is 3.25. The number of carbonyl (C=O) groups excluding carboxylic acids is 1. The third kappa shape index (κ3) is 2.74. The van der Waals surface area contributed by atoms with Crippen LogP contribution in [-0.2, 0) is 0 Å². The largest absolute Gasteiger partial charge is 0.294 e. The topological polar surface area (TPSA) is 30.0 Å². The number of carbonyl (C=O) groups is 1. The first-order valence-electron chi connectivity index (χ1n) is 7.73. The number of pyridine rings is 1. The van der Waals surface area contributed by atoms with Gasteiger partial charge in [0.2, 0.25) is 0 Å². The Bertz CT molecular complexity index is 592. The summed E-state index contributed by atoms with van der Waals surface area (Å²) in [6.07, 6.45) is 11.9. The zero-order valence-corrected chi connectivity index (χ0v) is 11.8. The molecule has 1 heterocycles. The summed E-state index contributed by atoms with van der Waals surface area (Å²) in [6.45, 7) is 0. The molecular formula is C18H21NO. The first-order valence-corrected chi connectivity index (χ1v) is 7.73. The van der Waals surface area contributed by atoms with Crippen LogP contribution in [0.3, 0.4) is 0 Å². The summed E-state index contributed by atoms with van der Waals surface area (Å²) >= 11 is 0. The van der Waals surface area contributed by atoms with Gasteiger partial charge in [0.05, 0.1) is 0 Å². The zero-order valence-electron chi connectivity index (χ0n) is 11.8. The molecule has 1 aromatic heterocycles. The highest BCUT2D eigenvalue weighted by Crippen LogP contribution is 2.28. The van der Waals surface area contributed by atoms with Crippen molar-refractivity contribution in [3.63, 3.8) is 0 Å². The molecule has 0 radical (unpaired) electrons. The molecule has 1 aliphatic rings. The maximum Gasteiger partial charge on any atom is 0.168 e. The Morgan fingerprint density at radius 3 is 2.45 bits per heavy atom. The summed E-state index contributed by atoms with van der Waals surface area (Å²) in [4.78, 5) is 17.1. The van der Waals surface area contributed by atoms with Crippen molar-refractivity contribution in [2.45, 2.75) is 44.9 Å². The van der Waals surface area contributed by atoms with Gasteiger partial charge in [-0.05, 0) is 18.2 Å². The van der Waals surface area contributed by atoms with Crippen molar-refractivity contribution in [2.24, 2.45) is 5.92 Å². The molecule has 0 unspecified atom stereocenters. The third-order valence-corrected chi connectivity index (χ3v) is 4.41. The van der Waals surface area contributed by atoms with Crippen LogP contribution in [0.15, 0.2) is 36.7 Å². The highest BCUT2D eigenvalue weighted by molar-refractivity contribution is 6.08. The Morgan fingerprint density at radius 1 is 0.950 bits per heavy atom. The molecule has 0 N–H and O–H groups in total. The first-order chi connectivity index (χ1) is 9.86. The summed E-state index contributed by atoms with van der Waals surface area (Å²) < 4.78 is 0. The summed E-state index contributed by atoms with van der Waals surface area (Å²) in [5.41, 5.74) is 0.814. The average molecular weight is 267 g/mol. The van der Waals surface area contributed by atoms with E-state index in [0.29, 0.717) is 5.78 Å². The molecule has 1 saturated carbocycles. The predicted octanol–water partition coefficient (Wildman–Crippen LogP) is 4.78. The number of Topliss-reactive ketones (excluding diaryl/α,β-unsaturated/α-hetero) is 1. The van der Waals surface area contributed by atoms with E-state index in [2.05, 4.69) is 4.98 Å². The van der Waals surface area contributed by atoms with Gasteiger partial charge < -0.3 is 0 Å². The van der Waals surface area contributed by atoms with Gasteiger partial charge in [-0.15, -0.1) is 0 Å². The fourth-order valence-corrected chi connectivity index (χ4v) is 3.25. The number of benzene rings is 1. The standard InChI is InChI=1S/C18H21NO/c20-18(14-8-4-2-1-3-5-9-14)17-13-19-12-15-10-6-7-11-16(15)17/h6-7,10-14H,1-5,8-9H2. The van der Waals surface area contributed by atoms with Gasteiger partial charge in [0.1, 0.15) is 0 Å². The number of hydrogen-bond acceptors (Lipinski definition) is 2. The Labute approximate surface area is 120 Å². The molecule has 1 aliphatic carbocycles. The predicted molar refractivity (Wildman–Crippen MR) is 81.9 cm³/mol. The van der Waals surface area contributed by atoms with Gasteiger partial charge in [-0.1, -0.05) is 56.4 Å². The van der Waals surface area contributed by atoms with Crippen molar-refractivity contribution >= 4 is 16.6 Å². The monoisotopic (exact) mass is 267 g/mol. The first kappa shape index (κ1) is 13.3. The van der Waals surface area contributed by atoms with E-state index in [4.69, 9.17) is 0 Å². The highest BCUT2D eigenvalue weighted by atomic mass is 16.1. The Morgan fingerprint density at radius 2 is 1.65 bits per heavy atom. The van der Waals surface area contributed by atoms with Gasteiger partial charge in [0.25, 0.3) is 0 Å². The second-order valence-electron chi connectivity index (χ2n) is 5.81. The van der Waals surface area contributed by atoms with Gasteiger partial charge in [-0.2, -0.15) is 0 Å². The van der Waals surface area contributed by atoms with Crippen LogP contribution in [0.5, 0.6) is 0 Å². The summed E-state index contributed by atoms with van der Waals surface area (Å²) in [5, 5.41) is 2.11. The smallest absolute Gasteiger partial charge is 0.168 e. The summed E-state index contributed by atoms with van der Waals surface area (Å²) in [7, 11) is 0. The van der Waals surface area contributed by atoms with Crippen LogP contribution in [0.4, 0.5) is 0 Å². The lowest BCUT2D eigenvalue weighted by molar-refractivity contribution is 0.0900. The Hall–Kier alpha value is -1.70. The molecule has 1 fully saturated rings. The van der Waals surface area contributed by atoms with Crippen LogP contribution in [0.1, 0.15) is 55.3 Å². The minimum absolute atomic E-state index is 0.197. The lowest BCUT2D eigenvalue weighted by Gasteiger charge is -2.19. The van der Waals surface area contributed by atoms with Gasteiger partial charge >= 0.3 is 0 Å². The van der Waals surface area contributed by atoms with Gasteiger partial charge in [-0.25, -0.2) is 0 Å². The van der Waals surface area contributed by atoms with Gasteiger partial charge in [-0.3, -0.25) is 9.78 Å². The molecule has 0 aliphatic heterocycles. The van der Waals surface area contributed by atoms with E-state index in [1.807, 2.05) is 30.5 Å². The van der Waals surface area contributed by atoms with E-state index in [9.17, 15) is 4.79 Å². The lowest BCUT2D eigenvalue weighted by atomic mass is 9.85. The lowest BCUT2D eigenvalue weighted by Crippen LogP contribution is -2.16. The highest BCUT2D eigenvalue weighted by Gasteiger charge is 2.22. The normalized spacial score (nSPS) is 17.6. The quantitative estimate of drug-likeness (QED) is 0.733. The van der Waals surface area contributed by atoms with Crippen molar-refractivity contribution in [1.82, 2.24) is 4.98 Å². The van der Waals surface area contributed by atoms with E-state index in [0.717, 1.165) is 29.2 Å². The number of rotatable bonds is 2. The molecule has 1 aromatic carbocycles. The molecule has 2 heteroatoms. The second-order valence-corrected chi connectivity index (χ2v) is 5.81. The number of ketones is 1. The van der Waals surface area contributed by atoms with Gasteiger partial charge in [0.15, 0.2) is 5.78 Å². The minimum atomic E-state index is 0.197. The minimum Gasteiger partial charge on any atom is -0.294 e. The van der Waals surface area contributed by atoms with Crippen molar-refractivity contribution < 1.29 is 4.79 Å². The maximum atomic E-state index is 12.8. The molecule has 3 rings (SSSR count). The van der Waals surface area contributed by atoms with Crippen molar-refractivity contribution in [1.29, 1.82) is 0 Å². The number of aromatic nitrogens is 1. The maximum absolute atomic E-state index is 12.8. The number of hydrogen-bond donors (Lipinski definition) is 0. The van der Waals surface area contributed by atoms with Crippen LogP contribution in [-0.4, -0.2) is 10.8 Å². The molecule has 0 atom stereocenters. The van der Waals surface area contributed by atoms with Crippen molar-refractivity contribution in [2.75, 3.05) is 0 Å². The summed E-state index contributed by atoms with van der Waals surface area (Å²) in [6, 6.07) is 8.05. The van der Waals surface area contributed by atoms with Gasteiger partial charge in [0, 0.05) is 29.3 Å².